The van der Waals surface area contributed by atoms with Crippen molar-refractivity contribution in [3.63, 3.8) is 0 Å². The fraction of sp³-hybridized carbons (Fsp3) is 0.0588. The zero-order chi connectivity index (χ0) is 14.9. The number of hydrogen-bond donors (Lipinski definition) is 0. The largest absolute Gasteiger partial charge is 0.277 e. The molecule has 0 radical (unpaired) electrons. The number of benzene rings is 2. The molecule has 2 aromatic heterocycles. The smallest absolute Gasteiger partial charge is 0.267 e. The van der Waals surface area contributed by atoms with E-state index in [0.29, 0.717) is 17.4 Å². The van der Waals surface area contributed by atoms with Crippen molar-refractivity contribution in [1.82, 2.24) is 20.0 Å². The molecule has 22 heavy (non-hydrogen) atoms. The standard InChI is InChI=1S/C17H12N4O/c22-17-14-8-1-2-9-15(14)19-20-21(17)11-13-6-3-5-12-7-4-10-18-16(12)13/h1-10H,11H2. The lowest BCUT2D eigenvalue weighted by Crippen LogP contribution is -2.24. The van der Waals surface area contributed by atoms with E-state index >= 15 is 0 Å². The van der Waals surface area contributed by atoms with Crippen molar-refractivity contribution < 1.29 is 0 Å². The third kappa shape index (κ3) is 2.03. The molecular weight excluding hydrogens is 276 g/mol. The molecule has 0 aliphatic heterocycles. The zero-order valence-electron chi connectivity index (χ0n) is 11.7. The molecule has 0 amide bonds. The van der Waals surface area contributed by atoms with Crippen LogP contribution in [0, 0.1) is 0 Å². The van der Waals surface area contributed by atoms with Gasteiger partial charge in [0.2, 0.25) is 0 Å². The molecule has 0 bridgehead atoms. The van der Waals surface area contributed by atoms with Gasteiger partial charge in [-0.15, -0.1) is 5.10 Å². The third-order valence-corrected chi connectivity index (χ3v) is 3.67. The Morgan fingerprint density at radius 1 is 0.955 bits per heavy atom. The van der Waals surface area contributed by atoms with Crippen molar-refractivity contribution in [2.24, 2.45) is 0 Å². The van der Waals surface area contributed by atoms with Crippen LogP contribution < -0.4 is 5.56 Å². The van der Waals surface area contributed by atoms with Gasteiger partial charge in [0.15, 0.2) is 0 Å². The summed E-state index contributed by atoms with van der Waals surface area (Å²) in [6.07, 6.45) is 1.75. The number of pyridine rings is 1. The van der Waals surface area contributed by atoms with E-state index in [2.05, 4.69) is 15.3 Å². The zero-order valence-corrected chi connectivity index (χ0v) is 11.7. The number of nitrogens with zero attached hydrogens (tertiary/aromatic N) is 4. The second-order valence-corrected chi connectivity index (χ2v) is 5.06. The molecule has 0 aliphatic rings. The summed E-state index contributed by atoms with van der Waals surface area (Å²) >= 11 is 0. The Kier molecular flexibility index (Phi) is 2.89. The number of rotatable bonds is 2. The predicted octanol–water partition coefficient (Wildman–Crippen LogP) is 2.39. The Hall–Kier alpha value is -3.08. The van der Waals surface area contributed by atoms with E-state index < -0.39 is 0 Å². The SMILES string of the molecule is O=c1c2ccccc2nnn1Cc1cccc2cccnc12. The van der Waals surface area contributed by atoms with E-state index in [1.807, 2.05) is 42.5 Å². The Bertz CT molecular complexity index is 1030. The Morgan fingerprint density at radius 2 is 1.82 bits per heavy atom. The molecule has 4 rings (SSSR count). The topological polar surface area (TPSA) is 60.7 Å². The Labute approximate surface area is 125 Å². The van der Waals surface area contributed by atoms with E-state index in [-0.39, 0.29) is 5.56 Å². The number of para-hydroxylation sites is 1. The molecule has 0 saturated heterocycles. The molecule has 2 aromatic carbocycles. The normalized spacial score (nSPS) is 11.1. The molecule has 106 valence electrons. The van der Waals surface area contributed by atoms with Gasteiger partial charge in [-0.25, -0.2) is 4.68 Å². The van der Waals surface area contributed by atoms with Crippen molar-refractivity contribution in [2.45, 2.75) is 6.54 Å². The fourth-order valence-corrected chi connectivity index (χ4v) is 2.58. The van der Waals surface area contributed by atoms with Gasteiger partial charge in [0.05, 0.1) is 17.4 Å². The number of fused-ring (bicyclic) bond motifs is 2. The van der Waals surface area contributed by atoms with Crippen LogP contribution in [0.2, 0.25) is 0 Å². The van der Waals surface area contributed by atoms with Crippen LogP contribution >= 0.6 is 0 Å². The van der Waals surface area contributed by atoms with Crippen LogP contribution in [0.1, 0.15) is 5.56 Å². The Morgan fingerprint density at radius 3 is 2.77 bits per heavy atom. The van der Waals surface area contributed by atoms with E-state index in [1.165, 1.54) is 4.68 Å². The highest BCUT2D eigenvalue weighted by Crippen LogP contribution is 2.16. The molecule has 0 spiro atoms. The average molecular weight is 288 g/mol. The summed E-state index contributed by atoms with van der Waals surface area (Å²) < 4.78 is 1.38. The van der Waals surface area contributed by atoms with Gasteiger partial charge >= 0.3 is 0 Å². The highest BCUT2D eigenvalue weighted by Gasteiger charge is 2.08. The minimum absolute atomic E-state index is 0.140. The van der Waals surface area contributed by atoms with Gasteiger partial charge in [-0.1, -0.05) is 41.6 Å². The number of hydrogen-bond acceptors (Lipinski definition) is 4. The van der Waals surface area contributed by atoms with Gasteiger partial charge in [0.25, 0.3) is 5.56 Å². The second kappa shape index (κ2) is 5.04. The van der Waals surface area contributed by atoms with E-state index in [4.69, 9.17) is 0 Å². The molecule has 0 unspecified atom stereocenters. The van der Waals surface area contributed by atoms with E-state index in [0.717, 1.165) is 16.5 Å². The Balaban J connectivity index is 1.86. The van der Waals surface area contributed by atoms with Gasteiger partial charge in [0.1, 0.15) is 5.52 Å². The lowest BCUT2D eigenvalue weighted by atomic mass is 10.1. The molecule has 0 fully saturated rings. The average Bonchev–Trinajstić information content (AvgIpc) is 2.58. The monoisotopic (exact) mass is 288 g/mol. The maximum atomic E-state index is 12.5. The summed E-state index contributed by atoms with van der Waals surface area (Å²) in [6.45, 7) is 0.352. The second-order valence-electron chi connectivity index (χ2n) is 5.06. The summed E-state index contributed by atoms with van der Waals surface area (Å²) in [5, 5.41) is 9.76. The molecule has 0 saturated carbocycles. The van der Waals surface area contributed by atoms with Crippen LogP contribution in [0.3, 0.4) is 0 Å². The molecule has 5 heteroatoms. The molecule has 4 aromatic rings. The lowest BCUT2D eigenvalue weighted by molar-refractivity contribution is 0.602. The van der Waals surface area contributed by atoms with Gasteiger partial charge in [-0.2, -0.15) is 0 Å². The van der Waals surface area contributed by atoms with E-state index in [9.17, 15) is 4.79 Å². The molecule has 0 N–H and O–H groups in total. The van der Waals surface area contributed by atoms with Gasteiger partial charge in [-0.3, -0.25) is 9.78 Å². The first-order valence-corrected chi connectivity index (χ1v) is 6.98. The minimum Gasteiger partial charge on any atom is -0.267 e. The van der Waals surface area contributed by atoms with Gasteiger partial charge in [-0.05, 0) is 18.2 Å². The first-order valence-electron chi connectivity index (χ1n) is 6.98. The fourth-order valence-electron chi connectivity index (χ4n) is 2.58. The first-order chi connectivity index (χ1) is 10.8. The summed E-state index contributed by atoms with van der Waals surface area (Å²) in [4.78, 5) is 16.9. The van der Waals surface area contributed by atoms with Gasteiger partial charge in [0, 0.05) is 17.1 Å². The van der Waals surface area contributed by atoms with Crippen molar-refractivity contribution in [1.29, 1.82) is 0 Å². The van der Waals surface area contributed by atoms with Crippen molar-refractivity contribution in [3.8, 4) is 0 Å². The van der Waals surface area contributed by atoms with Crippen LogP contribution in [-0.4, -0.2) is 20.0 Å². The highest BCUT2D eigenvalue weighted by molar-refractivity contribution is 5.81. The first kappa shape index (κ1) is 12.6. The summed E-state index contributed by atoms with van der Waals surface area (Å²) in [5.41, 5.74) is 2.30. The van der Waals surface area contributed by atoms with Gasteiger partial charge < -0.3 is 0 Å². The van der Waals surface area contributed by atoms with Crippen LogP contribution in [0.5, 0.6) is 0 Å². The predicted molar refractivity (Wildman–Crippen MR) is 84.6 cm³/mol. The van der Waals surface area contributed by atoms with Crippen LogP contribution in [0.15, 0.2) is 65.6 Å². The lowest BCUT2D eigenvalue weighted by Gasteiger charge is -2.07. The molecule has 0 atom stereocenters. The van der Waals surface area contributed by atoms with Crippen LogP contribution in [0.4, 0.5) is 0 Å². The summed E-state index contributed by atoms with van der Waals surface area (Å²) in [7, 11) is 0. The van der Waals surface area contributed by atoms with Crippen LogP contribution in [0.25, 0.3) is 21.8 Å². The molecule has 2 heterocycles. The van der Waals surface area contributed by atoms with Crippen molar-refractivity contribution in [2.75, 3.05) is 0 Å². The van der Waals surface area contributed by atoms with Crippen molar-refractivity contribution in [3.05, 3.63) is 76.7 Å². The molecular formula is C17H12N4O. The van der Waals surface area contributed by atoms with Crippen molar-refractivity contribution >= 4 is 21.8 Å². The maximum absolute atomic E-state index is 12.5. The maximum Gasteiger partial charge on any atom is 0.277 e. The highest BCUT2D eigenvalue weighted by atomic mass is 16.1. The molecule has 0 aliphatic carbocycles. The summed E-state index contributed by atoms with van der Waals surface area (Å²) in [5.74, 6) is 0. The minimum atomic E-state index is -0.140. The third-order valence-electron chi connectivity index (χ3n) is 3.67. The quantitative estimate of drug-likeness (QED) is 0.568. The number of aromatic nitrogens is 4. The van der Waals surface area contributed by atoms with E-state index in [1.54, 1.807) is 18.3 Å². The molecule has 5 nitrogen and oxygen atoms in total. The van der Waals surface area contributed by atoms with Crippen LogP contribution in [-0.2, 0) is 6.54 Å². The summed E-state index contributed by atoms with van der Waals surface area (Å²) in [6, 6.07) is 17.0.